The van der Waals surface area contributed by atoms with Gasteiger partial charge in [-0.05, 0) is 10.6 Å². The van der Waals surface area contributed by atoms with Crippen molar-refractivity contribution in [1.29, 1.82) is 0 Å². The molecule has 0 fully saturated rings. The van der Waals surface area contributed by atoms with Crippen LogP contribution < -0.4 is 45.0 Å². The topological polar surface area (TPSA) is 0 Å². The van der Waals surface area contributed by atoms with Crippen LogP contribution in [0, 0.1) is 4.74 Å². The van der Waals surface area contributed by atoms with E-state index < -0.39 is 14.1 Å². The fourth-order valence-corrected chi connectivity index (χ4v) is 17.9. The predicted molar refractivity (Wildman–Crippen MR) is 160 cm³/mol. The zero-order valence-corrected chi connectivity index (χ0v) is 23.6. The van der Waals surface area contributed by atoms with Crippen LogP contribution in [0.4, 0.5) is 0 Å². The van der Waals surface area contributed by atoms with Gasteiger partial charge in [0.1, 0.15) is 0 Å². The normalized spacial score (nSPS) is 11.6. The summed E-state index contributed by atoms with van der Waals surface area (Å²) in [6.07, 6.45) is 0. The maximum Gasteiger partial charge on any atom is 1.00 e. The van der Waals surface area contributed by atoms with E-state index in [1.807, 2.05) is 12.1 Å². The van der Waals surface area contributed by atoms with Gasteiger partial charge >= 0.3 is 18.9 Å². The summed E-state index contributed by atoms with van der Waals surface area (Å²) in [4.78, 5) is 0. The number of halogens is 1. The van der Waals surface area contributed by atoms with Gasteiger partial charge < -0.3 is 11.6 Å². The van der Waals surface area contributed by atoms with Crippen molar-refractivity contribution >= 4 is 63.7 Å². The number of rotatable bonds is 7. The van der Waals surface area contributed by atoms with Crippen molar-refractivity contribution in [3.8, 4) is 0 Å². The Balaban J connectivity index is 0.00000304. The van der Waals surface area contributed by atoms with Gasteiger partial charge in [-0.1, -0.05) is 167 Å². The molecule has 0 aliphatic rings. The molecular weight excluding hydrogens is 506 g/mol. The Kier molecular flexibility index (Phi) is 8.92. The molecule has 5 heteroatoms. The number of hydrogen-bond acceptors (Lipinski definition) is 1. The van der Waals surface area contributed by atoms with E-state index in [1.54, 1.807) is 0 Å². The van der Waals surface area contributed by atoms with Gasteiger partial charge in [0, 0.05) is 8.07 Å². The van der Waals surface area contributed by atoms with E-state index in [0.29, 0.717) is 0 Å². The Labute approximate surface area is 237 Å². The summed E-state index contributed by atoms with van der Waals surface area (Å²) in [7, 11) is -2.90. The van der Waals surface area contributed by atoms with E-state index in [9.17, 15) is 0 Å². The first kappa shape index (κ1) is 26.9. The van der Waals surface area contributed by atoms with Crippen LogP contribution in [-0.2, 0) is 11.8 Å². The minimum absolute atomic E-state index is 0. The minimum Gasteiger partial charge on any atom is -0.340 e. The SMILES string of the molecule is S=P(c1ccccc1)(c1ccccc1)[C-](Cl)[Si](c1ccccc1)(c1ccccc1)c1ccccc1.[Li+]. The second-order valence-corrected chi connectivity index (χ2v) is 17.9. The minimum atomic E-state index is -2.90. The maximum absolute atomic E-state index is 7.91. The molecule has 0 unspecified atom stereocenters. The molecule has 0 N–H and O–H groups in total. The largest absolute Gasteiger partial charge is 1.00 e. The Morgan fingerprint density at radius 1 is 0.472 bits per heavy atom. The van der Waals surface area contributed by atoms with Gasteiger partial charge in [-0.2, -0.15) is 4.74 Å². The van der Waals surface area contributed by atoms with E-state index in [4.69, 9.17) is 23.4 Å². The molecule has 0 nitrogen and oxygen atoms in total. The quantitative estimate of drug-likeness (QED) is 0.135. The maximum atomic E-state index is 7.91. The van der Waals surface area contributed by atoms with Crippen LogP contribution in [0.2, 0.25) is 0 Å². The van der Waals surface area contributed by atoms with E-state index in [1.165, 1.54) is 15.6 Å². The molecule has 0 spiro atoms. The monoisotopic (exact) mass is 530 g/mol. The summed E-state index contributed by atoms with van der Waals surface area (Å²) in [6.45, 7) is 0. The Morgan fingerprint density at radius 3 is 1.00 bits per heavy atom. The summed E-state index contributed by atoms with van der Waals surface area (Å²) in [6, 6.07) is 50.6. The Hall–Kier alpha value is -2.15. The number of benzene rings is 5. The molecule has 0 bridgehead atoms. The van der Waals surface area contributed by atoms with Crippen LogP contribution in [0.1, 0.15) is 0 Å². The molecule has 0 saturated carbocycles. The van der Waals surface area contributed by atoms with Crippen LogP contribution >= 0.6 is 17.6 Å². The summed E-state index contributed by atoms with van der Waals surface area (Å²) in [5.41, 5.74) is 0. The van der Waals surface area contributed by atoms with Gasteiger partial charge in [-0.3, -0.25) is 0 Å². The second kappa shape index (κ2) is 11.9. The van der Waals surface area contributed by atoms with Gasteiger partial charge in [0.25, 0.3) is 0 Å². The van der Waals surface area contributed by atoms with Gasteiger partial charge in [0.15, 0.2) is 0 Å². The molecular formula is C31H25ClLiPSSi. The smallest absolute Gasteiger partial charge is 0.340 e. The van der Waals surface area contributed by atoms with Gasteiger partial charge in [-0.15, -0.1) is 17.8 Å². The zero-order chi connectivity index (χ0) is 24.1. The average molecular weight is 531 g/mol. The summed E-state index contributed by atoms with van der Waals surface area (Å²) in [5.74, 6) is 0. The van der Waals surface area contributed by atoms with Crippen LogP contribution in [0.5, 0.6) is 0 Å². The Bertz CT molecular complexity index is 1280. The van der Waals surface area contributed by atoms with Crippen molar-refractivity contribution in [3.63, 3.8) is 0 Å². The molecule has 0 heterocycles. The molecule has 5 aromatic rings. The van der Waals surface area contributed by atoms with Gasteiger partial charge in [0.05, 0.1) is 0 Å². The molecule has 5 rings (SSSR count). The second-order valence-electron chi connectivity index (χ2n) is 8.42. The molecule has 0 aliphatic heterocycles. The van der Waals surface area contributed by atoms with E-state index in [2.05, 4.69) is 140 Å². The molecule has 0 amide bonds. The molecule has 0 aliphatic carbocycles. The summed E-state index contributed by atoms with van der Waals surface area (Å²) < 4.78 is 0.904. The molecule has 172 valence electrons. The fourth-order valence-electron chi connectivity index (χ4n) is 4.81. The first-order valence-electron chi connectivity index (χ1n) is 11.6. The van der Waals surface area contributed by atoms with Crippen molar-refractivity contribution in [2.24, 2.45) is 0 Å². The van der Waals surface area contributed by atoms with E-state index >= 15 is 0 Å². The first-order valence-corrected chi connectivity index (χ1v) is 16.8. The van der Waals surface area contributed by atoms with E-state index in [0.717, 1.165) is 15.4 Å². The van der Waals surface area contributed by atoms with Crippen molar-refractivity contribution < 1.29 is 18.9 Å². The molecule has 0 aromatic heterocycles. The van der Waals surface area contributed by atoms with Crippen LogP contribution in [-0.4, -0.2) is 8.07 Å². The van der Waals surface area contributed by atoms with Crippen molar-refractivity contribution in [3.05, 3.63) is 156 Å². The third kappa shape index (κ3) is 4.76. The first-order chi connectivity index (χ1) is 17.2. The average Bonchev–Trinajstić information content (AvgIpc) is 2.96. The molecule has 5 aromatic carbocycles. The summed E-state index contributed by atoms with van der Waals surface area (Å²) >= 11 is 14.7. The fraction of sp³-hybridized carbons (Fsp3) is 0. The van der Waals surface area contributed by atoms with Gasteiger partial charge in [-0.25, -0.2) is 0 Å². The van der Waals surface area contributed by atoms with Crippen molar-refractivity contribution in [1.82, 2.24) is 0 Å². The van der Waals surface area contributed by atoms with Crippen LogP contribution in [0.25, 0.3) is 0 Å². The van der Waals surface area contributed by atoms with Crippen molar-refractivity contribution in [2.45, 2.75) is 0 Å². The number of hydrogen-bond donors (Lipinski definition) is 0. The molecule has 0 saturated heterocycles. The van der Waals surface area contributed by atoms with Crippen LogP contribution in [0.3, 0.4) is 0 Å². The molecule has 0 atom stereocenters. The third-order valence-corrected chi connectivity index (χ3v) is 19.5. The predicted octanol–water partition coefficient (Wildman–Crippen LogP) is 2.56. The molecule has 36 heavy (non-hydrogen) atoms. The zero-order valence-electron chi connectivity index (χ0n) is 20.2. The van der Waals surface area contributed by atoms with E-state index in [-0.39, 0.29) is 18.9 Å². The third-order valence-electron chi connectivity index (χ3n) is 6.45. The Morgan fingerprint density at radius 2 is 0.722 bits per heavy atom. The van der Waals surface area contributed by atoms with Gasteiger partial charge in [0.2, 0.25) is 0 Å². The van der Waals surface area contributed by atoms with Crippen molar-refractivity contribution in [2.75, 3.05) is 0 Å². The molecule has 0 radical (unpaired) electrons. The standard InChI is InChI=1S/C31H25ClPSSi.Li/c32-31(33(34,26-16-6-1-7-17-26)27-18-8-2-9-19-27)35(28-20-10-3-11-21-28,29-22-12-4-13-23-29)30-24-14-5-15-25-30;/h1-25H;/q-1;+1. The van der Waals surface area contributed by atoms with Crippen LogP contribution in [0.15, 0.2) is 152 Å². The summed E-state index contributed by atoms with van der Waals surface area (Å²) in [5, 5.41) is 5.95.